The molecule has 2 unspecified atom stereocenters. The smallest absolute Gasteiger partial charge is 0.330 e. The second kappa shape index (κ2) is 12.9. The molecule has 0 aromatic carbocycles. The van der Waals surface area contributed by atoms with Crippen LogP contribution in [0.25, 0.3) is 0 Å². The van der Waals surface area contributed by atoms with Crippen molar-refractivity contribution in [3.63, 3.8) is 0 Å². The van der Waals surface area contributed by atoms with Crippen molar-refractivity contribution in [3.8, 4) is 0 Å². The lowest BCUT2D eigenvalue weighted by atomic mass is 10.0. The topological polar surface area (TPSA) is 146 Å². The van der Waals surface area contributed by atoms with Gasteiger partial charge in [-0.3, -0.25) is 9.69 Å². The van der Waals surface area contributed by atoms with Gasteiger partial charge in [0, 0.05) is 24.3 Å². The van der Waals surface area contributed by atoms with Gasteiger partial charge in [0.1, 0.15) is 18.8 Å². The van der Waals surface area contributed by atoms with Crippen molar-refractivity contribution in [2.75, 3.05) is 26.3 Å². The molecule has 1 heterocycles. The molecule has 1 fully saturated rings. The van der Waals surface area contributed by atoms with Gasteiger partial charge in [0.15, 0.2) is 12.2 Å². The van der Waals surface area contributed by atoms with E-state index < -0.39 is 73.3 Å². The van der Waals surface area contributed by atoms with Crippen molar-refractivity contribution in [2.45, 2.75) is 31.6 Å². The molecule has 1 rings (SSSR count). The number of urea groups is 1. The summed E-state index contributed by atoms with van der Waals surface area (Å²) in [6, 6.07) is -0.801. The molecule has 0 aromatic rings. The highest BCUT2D eigenvalue weighted by Gasteiger charge is 2.52. The van der Waals surface area contributed by atoms with Gasteiger partial charge in [-0.05, 0) is 13.8 Å². The Bertz CT molecular complexity index is 923. The zero-order chi connectivity index (χ0) is 26.8. The van der Waals surface area contributed by atoms with E-state index in [1.807, 2.05) is 0 Å². The average Bonchev–Trinajstić information content (AvgIpc) is 2.99. The predicted molar refractivity (Wildman–Crippen MR) is 120 cm³/mol. The molecule has 3 amide bonds. The van der Waals surface area contributed by atoms with E-state index in [9.17, 15) is 28.8 Å². The molecule has 2 atom stereocenters. The minimum atomic E-state index is -1.41. The van der Waals surface area contributed by atoms with E-state index in [4.69, 9.17) is 18.9 Å². The Labute approximate surface area is 202 Å². The van der Waals surface area contributed by atoms with Crippen molar-refractivity contribution < 1.29 is 47.7 Å². The Morgan fingerprint density at radius 2 is 1.17 bits per heavy atom. The van der Waals surface area contributed by atoms with Gasteiger partial charge in [0.05, 0.1) is 13.1 Å². The standard InChI is InChI=1S/C23H28N2O10/c1-7-17(26)32-13-15(34-19(28)9-3)11-24-21(30)23(5,6)25(22(24)31)12-16(35-20(29)10-4)14-33-18(27)8-2/h7-10,15-16H,1-4,11-14H2,5-6H3. The lowest BCUT2D eigenvalue weighted by Gasteiger charge is -2.30. The number of nitrogens with zero attached hydrogens (tertiary/aromatic N) is 2. The number of esters is 4. The monoisotopic (exact) mass is 492 g/mol. The van der Waals surface area contributed by atoms with Crippen molar-refractivity contribution in [2.24, 2.45) is 0 Å². The van der Waals surface area contributed by atoms with Gasteiger partial charge in [-0.2, -0.15) is 0 Å². The van der Waals surface area contributed by atoms with E-state index in [-0.39, 0.29) is 6.54 Å². The molecular formula is C23H28N2O10. The maximum absolute atomic E-state index is 13.2. The number of ether oxygens (including phenoxy) is 4. The normalized spacial score (nSPS) is 15.9. The third-order valence-electron chi connectivity index (χ3n) is 4.73. The van der Waals surface area contributed by atoms with E-state index >= 15 is 0 Å². The summed E-state index contributed by atoms with van der Waals surface area (Å²) in [6.45, 7) is 14.4. The number of carbonyl (C=O) groups excluding carboxylic acids is 6. The van der Waals surface area contributed by atoms with Gasteiger partial charge in [-0.15, -0.1) is 0 Å². The summed E-state index contributed by atoms with van der Waals surface area (Å²) in [5.74, 6) is -3.94. The van der Waals surface area contributed by atoms with Gasteiger partial charge < -0.3 is 23.8 Å². The van der Waals surface area contributed by atoms with Gasteiger partial charge in [-0.25, -0.2) is 24.0 Å². The minimum Gasteiger partial charge on any atom is -0.459 e. The van der Waals surface area contributed by atoms with E-state index in [1.165, 1.54) is 13.8 Å². The summed E-state index contributed by atoms with van der Waals surface area (Å²) in [6.07, 6.45) is 1.23. The molecule has 0 spiro atoms. The number of carbonyl (C=O) groups is 6. The molecule has 12 nitrogen and oxygen atoms in total. The Kier molecular flexibility index (Phi) is 10.6. The molecule has 35 heavy (non-hydrogen) atoms. The Hall–Kier alpha value is -4.22. The molecule has 0 saturated carbocycles. The molecule has 12 heteroatoms. The van der Waals surface area contributed by atoms with Crippen LogP contribution in [-0.2, 0) is 42.9 Å². The molecule has 0 aliphatic carbocycles. The first kappa shape index (κ1) is 28.8. The maximum Gasteiger partial charge on any atom is 0.330 e. The van der Waals surface area contributed by atoms with Crippen LogP contribution in [-0.4, -0.2) is 89.7 Å². The van der Waals surface area contributed by atoms with Crippen molar-refractivity contribution in [1.82, 2.24) is 9.80 Å². The van der Waals surface area contributed by atoms with Crippen molar-refractivity contribution in [3.05, 3.63) is 50.6 Å². The number of hydrogen-bond acceptors (Lipinski definition) is 10. The second-order valence-electron chi connectivity index (χ2n) is 7.56. The first-order valence-electron chi connectivity index (χ1n) is 10.3. The number of amides is 3. The first-order chi connectivity index (χ1) is 16.4. The highest BCUT2D eigenvalue weighted by atomic mass is 16.6. The van der Waals surface area contributed by atoms with E-state index in [0.717, 1.165) is 34.1 Å². The average molecular weight is 492 g/mol. The van der Waals surface area contributed by atoms with Crippen LogP contribution in [0.15, 0.2) is 50.6 Å². The minimum absolute atomic E-state index is 0.319. The van der Waals surface area contributed by atoms with Crippen LogP contribution in [0.4, 0.5) is 4.79 Å². The number of rotatable bonds is 14. The molecule has 0 radical (unpaired) electrons. The van der Waals surface area contributed by atoms with E-state index in [2.05, 4.69) is 26.3 Å². The summed E-state index contributed by atoms with van der Waals surface area (Å²) in [5, 5.41) is 0. The van der Waals surface area contributed by atoms with E-state index in [1.54, 1.807) is 0 Å². The number of imide groups is 1. The first-order valence-corrected chi connectivity index (χ1v) is 10.3. The zero-order valence-electron chi connectivity index (χ0n) is 19.6. The zero-order valence-corrected chi connectivity index (χ0v) is 19.6. The molecule has 0 aromatic heterocycles. The molecule has 0 bridgehead atoms. The predicted octanol–water partition coefficient (Wildman–Crippen LogP) is 0.683. The highest BCUT2D eigenvalue weighted by molar-refractivity contribution is 6.06. The van der Waals surface area contributed by atoms with Gasteiger partial charge in [-0.1, -0.05) is 26.3 Å². The summed E-state index contributed by atoms with van der Waals surface area (Å²) < 4.78 is 20.1. The third-order valence-corrected chi connectivity index (χ3v) is 4.73. The molecular weight excluding hydrogens is 464 g/mol. The molecule has 190 valence electrons. The summed E-state index contributed by atoms with van der Waals surface area (Å²) in [4.78, 5) is 74.4. The van der Waals surface area contributed by atoms with Crippen LogP contribution in [0, 0.1) is 0 Å². The van der Waals surface area contributed by atoms with Crippen LogP contribution >= 0.6 is 0 Å². The summed E-state index contributed by atoms with van der Waals surface area (Å²) >= 11 is 0. The number of hydrogen-bond donors (Lipinski definition) is 0. The Morgan fingerprint density at radius 1 is 0.771 bits per heavy atom. The van der Waals surface area contributed by atoms with Gasteiger partial charge >= 0.3 is 29.9 Å². The maximum atomic E-state index is 13.2. The lowest BCUT2D eigenvalue weighted by molar-refractivity contribution is -0.154. The van der Waals surface area contributed by atoms with Crippen LogP contribution in [0.2, 0.25) is 0 Å². The lowest BCUT2D eigenvalue weighted by Crippen LogP contribution is -2.49. The molecule has 1 saturated heterocycles. The largest absolute Gasteiger partial charge is 0.459 e. The van der Waals surface area contributed by atoms with E-state index in [0.29, 0.717) is 0 Å². The molecule has 0 N–H and O–H groups in total. The van der Waals surface area contributed by atoms with Crippen LogP contribution in [0.3, 0.4) is 0 Å². The van der Waals surface area contributed by atoms with Crippen molar-refractivity contribution >= 4 is 35.8 Å². The fourth-order valence-corrected chi connectivity index (χ4v) is 2.93. The van der Waals surface area contributed by atoms with Crippen LogP contribution in [0.5, 0.6) is 0 Å². The fourth-order valence-electron chi connectivity index (χ4n) is 2.93. The highest BCUT2D eigenvalue weighted by Crippen LogP contribution is 2.28. The van der Waals surface area contributed by atoms with Crippen LogP contribution < -0.4 is 0 Å². The quantitative estimate of drug-likeness (QED) is 0.147. The Balaban J connectivity index is 3.12. The fraction of sp³-hybridized carbons (Fsp3) is 0.391. The second-order valence-corrected chi connectivity index (χ2v) is 7.56. The molecule has 1 aliphatic rings. The van der Waals surface area contributed by atoms with Gasteiger partial charge in [0.2, 0.25) is 0 Å². The summed E-state index contributed by atoms with van der Waals surface area (Å²) in [5.41, 5.74) is -1.41. The van der Waals surface area contributed by atoms with Crippen LogP contribution in [0.1, 0.15) is 13.8 Å². The molecule has 1 aliphatic heterocycles. The SMILES string of the molecule is C=CC(=O)OCC(CN1C(=O)N(CC(COC(=O)C=C)OC(=O)C=C)C(C)(C)C1=O)OC(=O)C=C. The third kappa shape index (κ3) is 7.95. The Morgan fingerprint density at radius 3 is 1.57 bits per heavy atom. The van der Waals surface area contributed by atoms with Crippen molar-refractivity contribution in [1.29, 1.82) is 0 Å². The van der Waals surface area contributed by atoms with Gasteiger partial charge in [0.25, 0.3) is 5.91 Å². The summed E-state index contributed by atoms with van der Waals surface area (Å²) in [7, 11) is 0.